The van der Waals surface area contributed by atoms with Gasteiger partial charge in [-0.05, 0) is 0 Å². The van der Waals surface area contributed by atoms with Crippen LogP contribution >= 0.6 is 0 Å². The minimum atomic E-state index is -0.491. The summed E-state index contributed by atoms with van der Waals surface area (Å²) in [4.78, 5) is 19.9. The van der Waals surface area contributed by atoms with E-state index in [0.29, 0.717) is 0 Å². The van der Waals surface area contributed by atoms with Gasteiger partial charge in [-0.3, -0.25) is 0 Å². The second-order valence-corrected chi connectivity index (χ2v) is 5.57. The van der Waals surface area contributed by atoms with Gasteiger partial charge >= 0.3 is 73.7 Å². The summed E-state index contributed by atoms with van der Waals surface area (Å²) in [6, 6.07) is 0. The van der Waals surface area contributed by atoms with E-state index in [0.717, 1.165) is 0 Å². The number of hydrogen-bond acceptors (Lipinski definition) is 4. The average Bonchev–Trinajstić information content (AvgIpc) is 1.85. The second kappa shape index (κ2) is 4.59. The molecule has 0 heterocycles. The average molecular weight is 333 g/mol. The standard InChI is InChI=1S/C4H6NO4.Hg/c1-9-4(6)2-3-5(7)8;/h2H,3H2,1H3;/q;+1. The summed E-state index contributed by atoms with van der Waals surface area (Å²) in [6.45, 7) is -0.282. The first kappa shape index (κ1) is 9.81. The van der Waals surface area contributed by atoms with Gasteiger partial charge in [-0.2, -0.15) is 0 Å². The van der Waals surface area contributed by atoms with E-state index in [1.807, 2.05) is 0 Å². The molecule has 0 rings (SSSR count). The van der Waals surface area contributed by atoms with Gasteiger partial charge in [0.15, 0.2) is 0 Å². The Bertz CT molecular complexity index is 148. The van der Waals surface area contributed by atoms with Crippen molar-refractivity contribution in [3.8, 4) is 0 Å². The summed E-state index contributed by atoms with van der Waals surface area (Å²) in [7, 11) is 1.24. The number of carbonyl (C=O) groups excluding carboxylic acids is 1. The van der Waals surface area contributed by atoms with E-state index in [-0.39, 0.29) is 32.7 Å². The molecule has 0 aromatic carbocycles. The Balaban J connectivity index is 3.72. The fourth-order valence-electron chi connectivity index (χ4n) is 0.421. The number of methoxy groups -OCH3 is 1. The molecule has 0 saturated carbocycles. The normalized spacial score (nSPS) is 12.3. The van der Waals surface area contributed by atoms with Crippen LogP contribution in [-0.4, -0.2) is 24.5 Å². The molecule has 0 aliphatic carbocycles. The molecular weight excluding hydrogens is 327 g/mol. The van der Waals surface area contributed by atoms with Gasteiger partial charge in [-0.15, -0.1) is 0 Å². The topological polar surface area (TPSA) is 69.4 Å². The molecule has 5 nitrogen and oxygen atoms in total. The van der Waals surface area contributed by atoms with E-state index < -0.39 is 14.3 Å². The zero-order valence-corrected chi connectivity index (χ0v) is 11.1. The molecule has 0 aromatic rings. The van der Waals surface area contributed by atoms with Crippen molar-refractivity contribution in [3.05, 3.63) is 10.1 Å². The van der Waals surface area contributed by atoms with E-state index in [9.17, 15) is 14.9 Å². The summed E-state index contributed by atoms with van der Waals surface area (Å²) in [5.74, 6) is -0.458. The maximum atomic E-state index is 10.6. The van der Waals surface area contributed by atoms with Gasteiger partial charge < -0.3 is 0 Å². The Morgan fingerprint density at radius 1 is 1.90 bits per heavy atom. The Hall–Kier alpha value is -0.195. The van der Waals surface area contributed by atoms with Gasteiger partial charge in [-0.25, -0.2) is 0 Å². The molecule has 0 fully saturated rings. The Kier molecular flexibility index (Phi) is 4.50. The van der Waals surface area contributed by atoms with E-state index >= 15 is 0 Å². The second-order valence-electron chi connectivity index (χ2n) is 1.74. The third kappa shape index (κ3) is 3.76. The first-order chi connectivity index (χ1) is 4.57. The molecule has 10 heavy (non-hydrogen) atoms. The van der Waals surface area contributed by atoms with Gasteiger partial charge in [0.1, 0.15) is 0 Å². The first-order valence-corrected chi connectivity index (χ1v) is 5.78. The number of nitrogens with zero attached hydrogens (tertiary/aromatic N) is 1. The van der Waals surface area contributed by atoms with Gasteiger partial charge in [0.25, 0.3) is 0 Å². The number of rotatable bonds is 3. The third-order valence-electron chi connectivity index (χ3n) is 0.904. The zero-order chi connectivity index (χ0) is 8.15. The number of ether oxygens (including phenoxy) is 1. The van der Waals surface area contributed by atoms with Crippen LogP contribution in [0, 0.1) is 10.1 Å². The number of nitro groups is 1. The van der Waals surface area contributed by atoms with Crippen molar-refractivity contribution in [2.24, 2.45) is 0 Å². The Morgan fingerprint density at radius 2 is 2.40 bits per heavy atom. The van der Waals surface area contributed by atoms with Gasteiger partial charge in [-0.1, -0.05) is 0 Å². The summed E-state index contributed by atoms with van der Waals surface area (Å²) in [6.07, 6.45) is 0. The van der Waals surface area contributed by atoms with E-state index in [2.05, 4.69) is 4.74 Å². The van der Waals surface area contributed by atoms with E-state index in [4.69, 9.17) is 0 Å². The van der Waals surface area contributed by atoms with Crippen LogP contribution in [0.5, 0.6) is 0 Å². The molecule has 0 aliphatic heterocycles. The van der Waals surface area contributed by atoms with Crippen molar-refractivity contribution in [2.45, 2.75) is 3.43 Å². The minimum absolute atomic E-state index is 0.0688. The van der Waals surface area contributed by atoms with Crippen LogP contribution in [0.2, 0.25) is 3.43 Å². The van der Waals surface area contributed by atoms with Crippen LogP contribution in [0.25, 0.3) is 0 Å². The van der Waals surface area contributed by atoms with Gasteiger partial charge in [0.2, 0.25) is 0 Å². The molecular formula is C4H6HgNO4+. The van der Waals surface area contributed by atoms with Gasteiger partial charge in [0.05, 0.1) is 0 Å². The molecule has 0 radical (unpaired) electrons. The maximum absolute atomic E-state index is 10.6. The molecule has 1 unspecified atom stereocenters. The van der Waals surface area contributed by atoms with Crippen molar-refractivity contribution < 1.29 is 40.6 Å². The molecule has 0 aliphatic rings. The van der Waals surface area contributed by atoms with Crippen LogP contribution < -0.4 is 0 Å². The van der Waals surface area contributed by atoms with Crippen LogP contribution in [0.3, 0.4) is 0 Å². The molecule has 0 bridgehead atoms. The third-order valence-corrected chi connectivity index (χ3v) is 3.20. The van der Waals surface area contributed by atoms with Crippen molar-refractivity contribution in [2.75, 3.05) is 13.7 Å². The summed E-state index contributed by atoms with van der Waals surface area (Å²) in [5.41, 5.74) is 0. The van der Waals surface area contributed by atoms with E-state index in [1.54, 1.807) is 0 Å². The fraction of sp³-hybridized carbons (Fsp3) is 0.750. The molecule has 0 saturated heterocycles. The fourth-order valence-corrected chi connectivity index (χ4v) is 1.89. The molecule has 0 N–H and O–H groups in total. The summed E-state index contributed by atoms with van der Waals surface area (Å²) < 4.78 is 3.86. The summed E-state index contributed by atoms with van der Waals surface area (Å²) in [5, 5.41) is 9.86. The van der Waals surface area contributed by atoms with Crippen LogP contribution in [0.1, 0.15) is 0 Å². The molecule has 0 spiro atoms. The predicted molar refractivity (Wildman–Crippen MR) is 27.6 cm³/mol. The van der Waals surface area contributed by atoms with Crippen molar-refractivity contribution >= 4 is 5.97 Å². The molecule has 1 atom stereocenters. The van der Waals surface area contributed by atoms with Crippen molar-refractivity contribution in [1.82, 2.24) is 0 Å². The monoisotopic (exact) mass is 334 g/mol. The van der Waals surface area contributed by atoms with Crippen LogP contribution in [0.4, 0.5) is 0 Å². The quantitative estimate of drug-likeness (QED) is 0.310. The van der Waals surface area contributed by atoms with Crippen molar-refractivity contribution in [1.29, 1.82) is 0 Å². The zero-order valence-electron chi connectivity index (χ0n) is 5.57. The Labute approximate surface area is 73.9 Å². The number of esters is 1. The predicted octanol–water partition coefficient (Wildman–Crippen LogP) is -0.229. The van der Waals surface area contributed by atoms with Crippen LogP contribution in [-0.2, 0) is 35.7 Å². The first-order valence-electron chi connectivity index (χ1n) is 2.60. The molecule has 6 heteroatoms. The summed E-state index contributed by atoms with van der Waals surface area (Å²) >= 11 is 0.0688. The number of hydrogen-bond donors (Lipinski definition) is 0. The molecule has 0 amide bonds. The van der Waals surface area contributed by atoms with E-state index in [1.165, 1.54) is 7.11 Å². The van der Waals surface area contributed by atoms with Crippen molar-refractivity contribution in [3.63, 3.8) is 0 Å². The van der Waals surface area contributed by atoms with Crippen LogP contribution in [0.15, 0.2) is 0 Å². The number of carbonyl (C=O) groups is 1. The SMILES string of the molecule is COC(=O)[CH]([Hg+])C[N+](=O)[O-]. The molecule has 52 valence electrons. The molecule has 0 aromatic heterocycles. The van der Waals surface area contributed by atoms with Gasteiger partial charge in [0, 0.05) is 0 Å². The Morgan fingerprint density at radius 3 is 2.70 bits per heavy atom.